The van der Waals surface area contributed by atoms with Crippen molar-refractivity contribution in [1.82, 2.24) is 10.6 Å². The maximum atomic E-state index is 11.6. The number of unbranched alkanes of at least 4 members (excludes halogenated alkanes) is 1. The molecule has 0 bridgehead atoms. The van der Waals surface area contributed by atoms with Gasteiger partial charge in [0, 0.05) is 6.04 Å². The van der Waals surface area contributed by atoms with Crippen molar-refractivity contribution < 1.29 is 22.3 Å². The smallest absolute Gasteiger partial charge is 0.393 e. The lowest BCUT2D eigenvalue weighted by atomic mass is 9.43. The summed E-state index contributed by atoms with van der Waals surface area (Å²) in [5.74, 6) is 2.35. The molecule has 4 fully saturated rings. The number of nitrogens with one attached hydrogen (secondary N) is 2. The van der Waals surface area contributed by atoms with E-state index in [2.05, 4.69) is 31.4 Å². The Kier molecular flexibility index (Phi) is 16.2. The van der Waals surface area contributed by atoms with Crippen LogP contribution in [0, 0.1) is 46.3 Å². The standard InChI is InChI=1S/C29H55N3O5S.3ClH/c1-20(19-37-38(34,35)36)23-7-8-24-27-25(10-12-29(23,24)3)28(2)11-9-22(17-21(28)18-26(27)33)32-16-6-15-31-14-5-4-13-30;;;/h20-27,31-33H,4-19,30H2,1-3H3,(H,34,35,36);3*1H/t20-,21-,22+,23?,24+,25?,26?,27?,28+,29-;;;/m1.../s1. The molecule has 246 valence electrons. The molecule has 0 amide bonds. The zero-order valence-corrected chi connectivity index (χ0v) is 28.5. The number of nitrogens with two attached hydrogens (primary N) is 1. The molecule has 0 aromatic carbocycles. The number of hydrogen-bond acceptors (Lipinski definition) is 7. The second kappa shape index (κ2) is 16.8. The number of aliphatic hydroxyl groups excluding tert-OH is 1. The van der Waals surface area contributed by atoms with Gasteiger partial charge in [0.2, 0.25) is 0 Å². The summed E-state index contributed by atoms with van der Waals surface area (Å²) in [6.07, 6.45) is 12.1. The molecule has 0 radical (unpaired) electrons. The molecular weight excluding hydrogens is 609 g/mol. The van der Waals surface area contributed by atoms with Gasteiger partial charge in [0.15, 0.2) is 0 Å². The van der Waals surface area contributed by atoms with Gasteiger partial charge in [-0.05, 0) is 143 Å². The maximum absolute atomic E-state index is 11.6. The zero-order chi connectivity index (χ0) is 27.6. The van der Waals surface area contributed by atoms with Crippen LogP contribution in [0.3, 0.4) is 0 Å². The van der Waals surface area contributed by atoms with Crippen LogP contribution in [0.25, 0.3) is 0 Å². The molecule has 0 aliphatic heterocycles. The average molecular weight is 667 g/mol. The van der Waals surface area contributed by atoms with Crippen LogP contribution in [-0.4, -0.2) is 63.0 Å². The molecule has 6 N–H and O–H groups in total. The van der Waals surface area contributed by atoms with Gasteiger partial charge in [-0.15, -0.1) is 37.2 Å². The molecule has 12 heteroatoms. The lowest BCUT2D eigenvalue weighted by molar-refractivity contribution is -0.167. The highest BCUT2D eigenvalue weighted by molar-refractivity contribution is 7.80. The van der Waals surface area contributed by atoms with Crippen LogP contribution in [0.15, 0.2) is 0 Å². The van der Waals surface area contributed by atoms with Crippen molar-refractivity contribution >= 4 is 47.6 Å². The first-order chi connectivity index (χ1) is 18.0. The monoisotopic (exact) mass is 665 g/mol. The van der Waals surface area contributed by atoms with Gasteiger partial charge in [0.25, 0.3) is 0 Å². The number of hydrogen-bond donors (Lipinski definition) is 5. The molecule has 8 nitrogen and oxygen atoms in total. The highest BCUT2D eigenvalue weighted by Gasteiger charge is 2.62. The molecule has 4 aliphatic rings. The Bertz CT molecular complexity index is 890. The molecule has 0 aromatic rings. The number of rotatable bonds is 13. The molecule has 0 heterocycles. The van der Waals surface area contributed by atoms with E-state index in [0.717, 1.165) is 77.5 Å². The predicted octanol–water partition coefficient (Wildman–Crippen LogP) is 5.01. The van der Waals surface area contributed by atoms with E-state index in [4.69, 9.17) is 14.5 Å². The van der Waals surface area contributed by atoms with Crippen molar-refractivity contribution in [2.75, 3.05) is 32.8 Å². The van der Waals surface area contributed by atoms with Crippen LogP contribution >= 0.6 is 37.2 Å². The van der Waals surface area contributed by atoms with E-state index in [0.29, 0.717) is 41.0 Å². The summed E-state index contributed by atoms with van der Waals surface area (Å²) in [7, 11) is -4.42. The van der Waals surface area contributed by atoms with Gasteiger partial charge in [-0.3, -0.25) is 4.55 Å². The number of fused-ring (bicyclic) bond motifs is 5. The highest BCUT2D eigenvalue weighted by Crippen LogP contribution is 2.68. The summed E-state index contributed by atoms with van der Waals surface area (Å²) >= 11 is 0. The lowest BCUT2D eigenvalue weighted by Crippen LogP contribution is -2.59. The molecule has 41 heavy (non-hydrogen) atoms. The van der Waals surface area contributed by atoms with Crippen molar-refractivity contribution in [3.05, 3.63) is 0 Å². The van der Waals surface area contributed by atoms with Crippen LogP contribution in [0.2, 0.25) is 0 Å². The normalized spacial score (nSPS) is 38.7. The minimum absolute atomic E-state index is 0. The Morgan fingerprint density at radius 1 is 0.927 bits per heavy atom. The zero-order valence-electron chi connectivity index (χ0n) is 25.3. The Labute approximate surface area is 268 Å². The highest BCUT2D eigenvalue weighted by atomic mass is 35.5. The van der Waals surface area contributed by atoms with Crippen molar-refractivity contribution in [3.63, 3.8) is 0 Å². The first-order valence-electron chi connectivity index (χ1n) is 15.4. The Hall–Kier alpha value is 0.580. The minimum atomic E-state index is -4.42. The van der Waals surface area contributed by atoms with Crippen molar-refractivity contribution in [1.29, 1.82) is 0 Å². The van der Waals surface area contributed by atoms with Crippen LogP contribution in [0.4, 0.5) is 0 Å². The molecule has 0 saturated heterocycles. The average Bonchev–Trinajstić information content (AvgIpc) is 3.21. The van der Waals surface area contributed by atoms with Crippen molar-refractivity contribution in [2.24, 2.45) is 52.1 Å². The Morgan fingerprint density at radius 3 is 2.27 bits per heavy atom. The first kappa shape index (κ1) is 39.6. The molecule has 4 unspecified atom stereocenters. The van der Waals surface area contributed by atoms with Crippen molar-refractivity contribution in [2.45, 2.75) is 104 Å². The van der Waals surface area contributed by atoms with Gasteiger partial charge >= 0.3 is 10.4 Å². The van der Waals surface area contributed by atoms with Crippen LogP contribution < -0.4 is 16.4 Å². The molecule has 10 atom stereocenters. The molecule has 0 spiro atoms. The number of halogens is 3. The van der Waals surface area contributed by atoms with E-state index in [1.807, 2.05) is 0 Å². The van der Waals surface area contributed by atoms with Gasteiger partial charge in [-0.25, -0.2) is 4.18 Å². The van der Waals surface area contributed by atoms with Gasteiger partial charge in [0.05, 0.1) is 12.7 Å². The van der Waals surface area contributed by atoms with E-state index in [1.54, 1.807) is 0 Å². The number of aliphatic hydroxyl groups is 1. The van der Waals surface area contributed by atoms with E-state index in [1.165, 1.54) is 19.3 Å². The Morgan fingerprint density at radius 2 is 1.59 bits per heavy atom. The van der Waals surface area contributed by atoms with Gasteiger partial charge < -0.3 is 21.5 Å². The second-order valence-electron chi connectivity index (χ2n) is 13.7. The fourth-order valence-corrected chi connectivity index (χ4v) is 10.1. The fraction of sp³-hybridized carbons (Fsp3) is 1.00. The van der Waals surface area contributed by atoms with Gasteiger partial charge in [0.1, 0.15) is 0 Å². The molecule has 4 saturated carbocycles. The Balaban J connectivity index is 0.00000280. The van der Waals surface area contributed by atoms with Crippen LogP contribution in [0.1, 0.15) is 91.4 Å². The third-order valence-corrected chi connectivity index (χ3v) is 12.1. The topological polar surface area (TPSA) is 134 Å². The third kappa shape index (κ3) is 9.08. The summed E-state index contributed by atoms with van der Waals surface area (Å²) in [4.78, 5) is 0. The van der Waals surface area contributed by atoms with Crippen molar-refractivity contribution in [3.8, 4) is 0 Å². The summed E-state index contributed by atoms with van der Waals surface area (Å²) < 4.78 is 36.2. The van der Waals surface area contributed by atoms with E-state index >= 15 is 0 Å². The quantitative estimate of drug-likeness (QED) is 0.137. The summed E-state index contributed by atoms with van der Waals surface area (Å²) in [5.41, 5.74) is 5.94. The predicted molar refractivity (Wildman–Crippen MR) is 173 cm³/mol. The molecule has 4 aliphatic carbocycles. The molecule has 4 rings (SSSR count). The summed E-state index contributed by atoms with van der Waals surface area (Å²) in [5, 5.41) is 18.9. The van der Waals surface area contributed by atoms with Crippen LogP contribution in [-0.2, 0) is 14.6 Å². The van der Waals surface area contributed by atoms with Crippen LogP contribution in [0.5, 0.6) is 0 Å². The van der Waals surface area contributed by atoms with Gasteiger partial charge in [-0.2, -0.15) is 8.42 Å². The minimum Gasteiger partial charge on any atom is -0.393 e. The summed E-state index contributed by atoms with van der Waals surface area (Å²) in [6, 6.07) is 0.558. The molecular formula is C29H58Cl3N3O5S. The fourth-order valence-electron chi connectivity index (χ4n) is 9.73. The van der Waals surface area contributed by atoms with E-state index in [-0.39, 0.29) is 61.3 Å². The third-order valence-electron chi connectivity index (χ3n) is 11.7. The maximum Gasteiger partial charge on any atom is 0.397 e. The summed E-state index contributed by atoms with van der Waals surface area (Å²) in [6.45, 7) is 10.9. The van der Waals surface area contributed by atoms with E-state index < -0.39 is 10.4 Å². The lowest BCUT2D eigenvalue weighted by Gasteiger charge is -2.62. The molecule has 0 aromatic heterocycles. The first-order valence-corrected chi connectivity index (χ1v) is 16.8. The SMILES string of the molecule is C[C@H](COS(=O)(=O)O)C1CC[C@H]2C3C(O)C[C@H]4C[C@@H](NCCCNCCCCN)CC[C@]4(C)C3CC[C@]12C.Cl.Cl.Cl. The van der Waals surface area contributed by atoms with E-state index in [9.17, 15) is 13.5 Å². The second-order valence-corrected chi connectivity index (χ2v) is 14.8. The van der Waals surface area contributed by atoms with Gasteiger partial charge in [-0.1, -0.05) is 20.8 Å². The largest absolute Gasteiger partial charge is 0.397 e.